The number of carbonyl (C=O) groups is 2. The summed E-state index contributed by atoms with van der Waals surface area (Å²) in [6.45, 7) is 4.95. The van der Waals surface area contributed by atoms with Gasteiger partial charge < -0.3 is 14.3 Å². The molecule has 0 spiro atoms. The largest absolute Gasteiger partial charge is 0.481 e. The van der Waals surface area contributed by atoms with E-state index in [1.54, 1.807) is 0 Å². The number of ether oxygens (including phenoxy) is 1. The van der Waals surface area contributed by atoms with E-state index in [1.807, 2.05) is 14.1 Å². The Bertz CT molecular complexity index is 465. The Hall–Kier alpha value is -1.10. The Morgan fingerprint density at radius 3 is 1.53 bits per heavy atom. The number of quaternary nitrogens is 1. The van der Waals surface area contributed by atoms with Crippen molar-refractivity contribution in [3.8, 4) is 0 Å². The van der Waals surface area contributed by atoms with Gasteiger partial charge in [0.1, 0.15) is 6.54 Å². The Balaban J connectivity index is 3.69. The fraction of sp³-hybridized carbons (Fsp3) is 0.926. The lowest BCUT2D eigenvalue weighted by atomic mass is 10.0. The number of hydrogen-bond acceptors (Lipinski definition) is 3. The number of nitrogens with zero attached hydrogens (tertiary/aromatic N) is 1. The molecule has 0 bridgehead atoms. The molecule has 190 valence electrons. The predicted octanol–water partition coefficient (Wildman–Crippen LogP) is 7.12. The van der Waals surface area contributed by atoms with Crippen LogP contribution in [0.1, 0.15) is 129 Å². The summed E-state index contributed by atoms with van der Waals surface area (Å²) in [6, 6.07) is 0. The Morgan fingerprint density at radius 1 is 0.750 bits per heavy atom. The molecule has 32 heavy (non-hydrogen) atoms. The average Bonchev–Trinajstić information content (AvgIpc) is 2.71. The maximum absolute atomic E-state index is 11.5. The zero-order chi connectivity index (χ0) is 24.1. The second-order valence-electron chi connectivity index (χ2n) is 10.3. The van der Waals surface area contributed by atoms with Crippen LogP contribution >= 0.6 is 0 Å². The standard InChI is InChI=1S/C27H53NO4/c1-5-6-7-8-9-10-11-12-13-14-15-16-17-18-19-20-21-26(32-25(2)29)24-28(3,4)23-22-27(30)31/h26H,5-24H2,1-4H3/p+1. The molecule has 0 aliphatic heterocycles. The van der Waals surface area contributed by atoms with E-state index in [2.05, 4.69) is 6.92 Å². The highest BCUT2D eigenvalue weighted by Gasteiger charge is 2.24. The van der Waals surface area contributed by atoms with Gasteiger partial charge in [0.25, 0.3) is 0 Å². The Morgan fingerprint density at radius 2 is 1.16 bits per heavy atom. The highest BCUT2D eigenvalue weighted by molar-refractivity contribution is 5.66. The van der Waals surface area contributed by atoms with Crippen molar-refractivity contribution in [1.82, 2.24) is 0 Å². The van der Waals surface area contributed by atoms with E-state index in [0.717, 1.165) is 12.8 Å². The van der Waals surface area contributed by atoms with E-state index in [-0.39, 0.29) is 18.5 Å². The summed E-state index contributed by atoms with van der Waals surface area (Å²) in [5, 5.41) is 8.92. The summed E-state index contributed by atoms with van der Waals surface area (Å²) >= 11 is 0. The fourth-order valence-electron chi connectivity index (χ4n) is 4.38. The minimum atomic E-state index is -0.780. The number of likely N-dealkylation sites (N-methyl/N-ethyl adjacent to an activating group) is 1. The van der Waals surface area contributed by atoms with E-state index >= 15 is 0 Å². The van der Waals surface area contributed by atoms with Gasteiger partial charge in [0.05, 0.1) is 27.1 Å². The molecule has 0 aromatic rings. The van der Waals surface area contributed by atoms with Crippen molar-refractivity contribution in [3.63, 3.8) is 0 Å². The van der Waals surface area contributed by atoms with E-state index in [0.29, 0.717) is 17.6 Å². The first-order valence-electron chi connectivity index (χ1n) is 13.5. The topological polar surface area (TPSA) is 63.6 Å². The Kier molecular flexibility index (Phi) is 19.8. The summed E-state index contributed by atoms with van der Waals surface area (Å²) in [5.74, 6) is -1.03. The number of rotatable bonds is 23. The minimum absolute atomic E-state index is 0.122. The molecule has 0 rings (SSSR count). The average molecular weight is 457 g/mol. The summed E-state index contributed by atoms with van der Waals surface area (Å²) in [6.07, 6.45) is 22.4. The zero-order valence-corrected chi connectivity index (χ0v) is 21.8. The summed E-state index contributed by atoms with van der Waals surface area (Å²) in [4.78, 5) is 22.3. The fourth-order valence-corrected chi connectivity index (χ4v) is 4.38. The predicted molar refractivity (Wildman–Crippen MR) is 134 cm³/mol. The van der Waals surface area contributed by atoms with Crippen LogP contribution in [-0.2, 0) is 14.3 Å². The van der Waals surface area contributed by atoms with Gasteiger partial charge in [-0.2, -0.15) is 0 Å². The number of carbonyl (C=O) groups excluding carboxylic acids is 1. The molecule has 0 saturated carbocycles. The van der Waals surface area contributed by atoms with E-state index in [4.69, 9.17) is 9.84 Å². The molecule has 5 nitrogen and oxygen atoms in total. The number of esters is 1. The molecule has 0 amide bonds. The smallest absolute Gasteiger partial charge is 0.309 e. The van der Waals surface area contributed by atoms with Crippen LogP contribution < -0.4 is 0 Å². The Labute approximate surface area is 198 Å². The lowest BCUT2D eigenvalue weighted by Crippen LogP contribution is -2.47. The van der Waals surface area contributed by atoms with E-state index in [1.165, 1.54) is 103 Å². The number of carboxylic acids is 1. The molecule has 1 unspecified atom stereocenters. The molecule has 0 aliphatic rings. The zero-order valence-electron chi connectivity index (χ0n) is 21.8. The van der Waals surface area contributed by atoms with Crippen LogP contribution in [0.4, 0.5) is 0 Å². The van der Waals surface area contributed by atoms with Gasteiger partial charge in [-0.3, -0.25) is 9.59 Å². The highest BCUT2D eigenvalue weighted by Crippen LogP contribution is 2.16. The number of aliphatic carboxylic acids is 1. The molecule has 1 atom stereocenters. The molecule has 0 heterocycles. The molecule has 0 radical (unpaired) electrons. The van der Waals surface area contributed by atoms with Crippen LogP contribution in [0.15, 0.2) is 0 Å². The first-order valence-corrected chi connectivity index (χ1v) is 13.5. The van der Waals surface area contributed by atoms with Crippen molar-refractivity contribution in [3.05, 3.63) is 0 Å². The van der Waals surface area contributed by atoms with Crippen LogP contribution in [-0.4, -0.2) is 54.8 Å². The highest BCUT2D eigenvalue weighted by atomic mass is 16.5. The molecular weight excluding hydrogens is 402 g/mol. The second kappa shape index (κ2) is 20.5. The lowest BCUT2D eigenvalue weighted by Gasteiger charge is -2.32. The maximum atomic E-state index is 11.5. The first kappa shape index (κ1) is 30.9. The van der Waals surface area contributed by atoms with Crippen molar-refractivity contribution in [2.75, 3.05) is 27.2 Å². The van der Waals surface area contributed by atoms with Gasteiger partial charge in [0.2, 0.25) is 0 Å². The van der Waals surface area contributed by atoms with Gasteiger partial charge in [-0.1, -0.05) is 103 Å². The van der Waals surface area contributed by atoms with Crippen LogP contribution in [0.5, 0.6) is 0 Å². The number of carboxylic acid groups (broad SMARTS) is 1. The van der Waals surface area contributed by atoms with E-state index < -0.39 is 5.97 Å². The van der Waals surface area contributed by atoms with Gasteiger partial charge in [-0.05, 0) is 12.8 Å². The van der Waals surface area contributed by atoms with Crippen molar-refractivity contribution in [2.24, 2.45) is 0 Å². The molecular formula is C27H54NO4+. The third kappa shape index (κ3) is 22.1. The molecule has 0 aliphatic carbocycles. The van der Waals surface area contributed by atoms with Crippen molar-refractivity contribution >= 4 is 11.9 Å². The van der Waals surface area contributed by atoms with Crippen molar-refractivity contribution < 1.29 is 23.9 Å². The number of hydrogen-bond donors (Lipinski definition) is 1. The monoisotopic (exact) mass is 456 g/mol. The summed E-state index contributed by atoms with van der Waals surface area (Å²) in [5.41, 5.74) is 0. The van der Waals surface area contributed by atoms with Gasteiger partial charge in [-0.15, -0.1) is 0 Å². The summed E-state index contributed by atoms with van der Waals surface area (Å²) in [7, 11) is 4.01. The quantitative estimate of drug-likeness (QED) is 0.101. The number of unbranched alkanes of at least 4 members (excludes halogenated alkanes) is 15. The third-order valence-electron chi connectivity index (χ3n) is 6.34. The normalized spacial score (nSPS) is 12.6. The van der Waals surface area contributed by atoms with Crippen LogP contribution in [0.25, 0.3) is 0 Å². The van der Waals surface area contributed by atoms with Gasteiger partial charge in [0, 0.05) is 6.92 Å². The third-order valence-corrected chi connectivity index (χ3v) is 6.34. The molecule has 1 N–H and O–H groups in total. The minimum Gasteiger partial charge on any atom is -0.481 e. The van der Waals surface area contributed by atoms with Crippen LogP contribution in [0.2, 0.25) is 0 Å². The molecule has 5 heteroatoms. The van der Waals surface area contributed by atoms with Gasteiger partial charge in [-0.25, -0.2) is 0 Å². The van der Waals surface area contributed by atoms with Crippen molar-refractivity contribution in [2.45, 2.75) is 136 Å². The molecule has 0 saturated heterocycles. The lowest BCUT2D eigenvalue weighted by molar-refractivity contribution is -0.892. The SMILES string of the molecule is CCCCCCCCCCCCCCCCCCC(C[N+](C)(C)CCC(=O)O)OC(C)=O. The summed E-state index contributed by atoms with van der Waals surface area (Å²) < 4.78 is 6.07. The second-order valence-corrected chi connectivity index (χ2v) is 10.3. The maximum Gasteiger partial charge on any atom is 0.309 e. The van der Waals surface area contributed by atoms with Crippen molar-refractivity contribution in [1.29, 1.82) is 0 Å². The van der Waals surface area contributed by atoms with Gasteiger partial charge in [0.15, 0.2) is 6.10 Å². The molecule has 0 aromatic heterocycles. The van der Waals surface area contributed by atoms with E-state index in [9.17, 15) is 9.59 Å². The van der Waals surface area contributed by atoms with Crippen LogP contribution in [0.3, 0.4) is 0 Å². The first-order chi connectivity index (χ1) is 15.3. The molecule has 0 fully saturated rings. The molecule has 0 aromatic carbocycles. The van der Waals surface area contributed by atoms with Crippen LogP contribution in [0, 0.1) is 0 Å². The van der Waals surface area contributed by atoms with Gasteiger partial charge >= 0.3 is 11.9 Å².